The maximum absolute atomic E-state index is 13.6. The number of aliphatic hydroxyl groups excluding tert-OH is 1. The van der Waals surface area contributed by atoms with Crippen molar-refractivity contribution in [3.8, 4) is 11.5 Å². The zero-order valence-corrected chi connectivity index (χ0v) is 17.0. The summed E-state index contributed by atoms with van der Waals surface area (Å²) in [5.74, 6) is -0.316. The Morgan fingerprint density at radius 3 is 2.55 bits per heavy atom. The molecule has 2 aromatic carbocycles. The lowest BCUT2D eigenvalue weighted by Gasteiger charge is -2.33. The number of rotatable bonds is 6. The second kappa shape index (κ2) is 8.00. The molecule has 0 radical (unpaired) electrons. The van der Waals surface area contributed by atoms with Crippen LogP contribution in [0.3, 0.4) is 0 Å². The number of nitrogens with one attached hydrogen (secondary N) is 2. The maximum atomic E-state index is 13.6. The minimum atomic E-state index is -1.08. The number of β-amino-alcohol motifs (C(OH)–C–C–N with tert-alkyl or cyclic N) is 1. The van der Waals surface area contributed by atoms with Gasteiger partial charge in [-0.1, -0.05) is 0 Å². The van der Waals surface area contributed by atoms with Gasteiger partial charge in [-0.2, -0.15) is 0 Å². The van der Waals surface area contributed by atoms with Crippen molar-refractivity contribution in [2.24, 2.45) is 0 Å². The van der Waals surface area contributed by atoms with E-state index < -0.39 is 23.7 Å². The molecular formula is C22H27FN2O4. The monoisotopic (exact) mass is 402 g/mol. The number of carbonyl (C=O) groups is 1. The van der Waals surface area contributed by atoms with Crippen molar-refractivity contribution in [2.75, 3.05) is 11.9 Å². The van der Waals surface area contributed by atoms with E-state index in [0.29, 0.717) is 17.9 Å². The molecule has 0 saturated heterocycles. The fourth-order valence-electron chi connectivity index (χ4n) is 3.58. The van der Waals surface area contributed by atoms with Crippen LogP contribution in [0.5, 0.6) is 11.5 Å². The van der Waals surface area contributed by atoms with Gasteiger partial charge in [-0.3, -0.25) is 4.79 Å². The molecule has 1 aliphatic heterocycles. The van der Waals surface area contributed by atoms with Crippen LogP contribution in [0.2, 0.25) is 0 Å². The van der Waals surface area contributed by atoms with Crippen molar-refractivity contribution in [3.63, 3.8) is 0 Å². The smallest absolute Gasteiger partial charge is 0.268 e. The molecule has 1 amide bonds. The number of carbonyl (C=O) groups excluding carboxylic acids is 1. The number of halogens is 1. The van der Waals surface area contributed by atoms with Crippen LogP contribution in [0.15, 0.2) is 30.3 Å². The largest absolute Gasteiger partial charge is 0.508 e. The number of fused-ring (bicyclic) bond motifs is 1. The van der Waals surface area contributed by atoms with Crippen molar-refractivity contribution >= 4 is 11.6 Å². The van der Waals surface area contributed by atoms with E-state index in [0.717, 1.165) is 16.7 Å². The third kappa shape index (κ3) is 4.86. The molecule has 0 fully saturated rings. The molecule has 29 heavy (non-hydrogen) atoms. The summed E-state index contributed by atoms with van der Waals surface area (Å²) in [6.07, 6.45) is -1.51. The fourth-order valence-corrected chi connectivity index (χ4v) is 3.58. The summed E-state index contributed by atoms with van der Waals surface area (Å²) in [5, 5.41) is 26.0. The van der Waals surface area contributed by atoms with Crippen molar-refractivity contribution in [2.45, 2.75) is 51.9 Å². The number of ether oxygens (including phenoxy) is 1. The van der Waals surface area contributed by atoms with Crippen LogP contribution in [0.25, 0.3) is 0 Å². The van der Waals surface area contributed by atoms with Crippen LogP contribution in [0.4, 0.5) is 10.1 Å². The van der Waals surface area contributed by atoms with Crippen LogP contribution in [0.1, 0.15) is 30.5 Å². The number of aliphatic hydroxyl groups is 1. The molecule has 2 atom stereocenters. The van der Waals surface area contributed by atoms with Crippen LogP contribution < -0.4 is 15.4 Å². The lowest BCUT2D eigenvalue weighted by Crippen LogP contribution is -2.53. The Bertz CT molecular complexity index is 906. The Balaban J connectivity index is 1.64. The van der Waals surface area contributed by atoms with Gasteiger partial charge < -0.3 is 25.6 Å². The Kier molecular flexibility index (Phi) is 5.82. The Morgan fingerprint density at radius 2 is 1.90 bits per heavy atom. The van der Waals surface area contributed by atoms with Crippen molar-refractivity contribution in [1.82, 2.24) is 5.32 Å². The van der Waals surface area contributed by atoms with Crippen molar-refractivity contribution in [3.05, 3.63) is 52.8 Å². The number of phenols is 1. The van der Waals surface area contributed by atoms with Crippen LogP contribution in [-0.2, 0) is 11.2 Å². The number of aromatic hydroxyl groups is 1. The summed E-state index contributed by atoms with van der Waals surface area (Å²) in [6, 6.07) is 7.42. The van der Waals surface area contributed by atoms with Gasteiger partial charge in [0.15, 0.2) is 0 Å². The summed E-state index contributed by atoms with van der Waals surface area (Å²) < 4.78 is 19.2. The van der Waals surface area contributed by atoms with Crippen LogP contribution >= 0.6 is 0 Å². The average Bonchev–Trinajstić information content (AvgIpc) is 2.62. The molecule has 0 spiro atoms. The highest BCUT2D eigenvalue weighted by atomic mass is 19.1. The summed E-state index contributed by atoms with van der Waals surface area (Å²) in [5.41, 5.74) is 2.79. The highest BCUT2D eigenvalue weighted by Crippen LogP contribution is 2.33. The molecule has 1 aliphatic rings. The number of phenolic OH excluding ortho intramolecular Hbond substituents is 1. The van der Waals surface area contributed by atoms with Gasteiger partial charge >= 0.3 is 0 Å². The molecule has 0 aromatic heterocycles. The van der Waals surface area contributed by atoms with Gasteiger partial charge in [0.05, 0.1) is 5.69 Å². The van der Waals surface area contributed by atoms with E-state index >= 15 is 0 Å². The van der Waals surface area contributed by atoms with Crippen LogP contribution in [0, 0.1) is 19.7 Å². The Labute approximate surface area is 169 Å². The Morgan fingerprint density at radius 1 is 1.24 bits per heavy atom. The Hall–Kier alpha value is -2.64. The van der Waals surface area contributed by atoms with Crippen molar-refractivity contribution in [1.29, 1.82) is 0 Å². The van der Waals surface area contributed by atoms with E-state index in [-0.39, 0.29) is 18.1 Å². The van der Waals surface area contributed by atoms with E-state index in [9.17, 15) is 19.4 Å². The van der Waals surface area contributed by atoms with E-state index in [1.807, 2.05) is 27.7 Å². The average molecular weight is 402 g/mol. The highest BCUT2D eigenvalue weighted by molar-refractivity contribution is 5.98. The summed E-state index contributed by atoms with van der Waals surface area (Å²) in [4.78, 5) is 12.3. The molecule has 2 unspecified atom stereocenters. The summed E-state index contributed by atoms with van der Waals surface area (Å²) in [7, 11) is 0. The standard InChI is InChI=1S/C22H27FN2O4/c1-12-7-14(23)8-13(2)16(12)10-22(3,4)24-11-18(27)20-21(28)25-17-9-15(26)5-6-19(17)29-20/h5-9,18,20,24,26-27H,10-11H2,1-4H3,(H,25,28). The van der Waals surface area contributed by atoms with Gasteiger partial charge in [0, 0.05) is 18.2 Å². The molecule has 1 heterocycles. The first-order valence-electron chi connectivity index (χ1n) is 9.55. The lowest BCUT2D eigenvalue weighted by molar-refractivity contribution is -0.128. The SMILES string of the molecule is Cc1cc(F)cc(C)c1CC(C)(C)NCC(O)C1Oc2ccc(O)cc2NC1=O. The third-order valence-electron chi connectivity index (χ3n) is 5.15. The predicted octanol–water partition coefficient (Wildman–Crippen LogP) is 2.82. The topological polar surface area (TPSA) is 90.8 Å². The molecule has 0 bridgehead atoms. The predicted molar refractivity (Wildman–Crippen MR) is 109 cm³/mol. The van der Waals surface area contributed by atoms with Gasteiger partial charge in [0.25, 0.3) is 5.91 Å². The molecular weight excluding hydrogens is 375 g/mol. The summed E-state index contributed by atoms with van der Waals surface area (Å²) >= 11 is 0. The summed E-state index contributed by atoms with van der Waals surface area (Å²) in [6.45, 7) is 7.87. The first kappa shape index (κ1) is 21.1. The minimum Gasteiger partial charge on any atom is -0.508 e. The normalized spacial score (nSPS) is 17.3. The minimum absolute atomic E-state index is 0.0152. The van der Waals surface area contributed by atoms with Gasteiger partial charge in [0.2, 0.25) is 6.10 Å². The second-order valence-electron chi connectivity index (χ2n) is 8.24. The van der Waals surface area contributed by atoms with E-state index in [4.69, 9.17) is 4.74 Å². The number of hydrogen-bond donors (Lipinski definition) is 4. The van der Waals surface area contributed by atoms with Gasteiger partial charge in [-0.05, 0) is 75.1 Å². The number of amides is 1. The van der Waals surface area contributed by atoms with Crippen LogP contribution in [-0.4, -0.2) is 40.4 Å². The maximum Gasteiger partial charge on any atom is 0.268 e. The second-order valence-corrected chi connectivity index (χ2v) is 8.24. The molecule has 6 nitrogen and oxygen atoms in total. The number of aryl methyl sites for hydroxylation is 2. The van der Waals surface area contributed by atoms with E-state index in [1.54, 1.807) is 6.07 Å². The molecule has 0 aliphatic carbocycles. The zero-order valence-electron chi connectivity index (χ0n) is 17.0. The van der Waals surface area contributed by atoms with Crippen molar-refractivity contribution < 1.29 is 24.1 Å². The van der Waals surface area contributed by atoms with Gasteiger partial charge in [-0.15, -0.1) is 0 Å². The molecule has 7 heteroatoms. The van der Waals surface area contributed by atoms with E-state index in [2.05, 4.69) is 10.6 Å². The number of hydrogen-bond acceptors (Lipinski definition) is 5. The quantitative estimate of drug-likeness (QED) is 0.597. The molecule has 156 valence electrons. The fraction of sp³-hybridized carbons (Fsp3) is 0.409. The number of benzene rings is 2. The molecule has 0 saturated carbocycles. The first-order chi connectivity index (χ1) is 13.6. The zero-order chi connectivity index (χ0) is 21.3. The first-order valence-corrected chi connectivity index (χ1v) is 9.55. The van der Waals surface area contributed by atoms with Gasteiger partial charge in [-0.25, -0.2) is 4.39 Å². The molecule has 3 rings (SSSR count). The third-order valence-corrected chi connectivity index (χ3v) is 5.15. The number of anilines is 1. The lowest BCUT2D eigenvalue weighted by atomic mass is 9.89. The van der Waals surface area contributed by atoms with Gasteiger partial charge in [0.1, 0.15) is 23.4 Å². The highest BCUT2D eigenvalue weighted by Gasteiger charge is 2.35. The van der Waals surface area contributed by atoms with E-state index in [1.165, 1.54) is 24.3 Å². The molecule has 4 N–H and O–H groups in total. The molecule has 2 aromatic rings.